The predicted molar refractivity (Wildman–Crippen MR) is 86.1 cm³/mol. The van der Waals surface area contributed by atoms with Gasteiger partial charge in [0.2, 0.25) is 0 Å². The number of nitrogens with one attached hydrogen (secondary N) is 1. The molecule has 2 aromatic heterocycles. The van der Waals surface area contributed by atoms with Crippen LogP contribution in [0.1, 0.15) is 39.8 Å². The maximum absolute atomic E-state index is 12.3. The lowest BCUT2D eigenvalue weighted by Crippen LogP contribution is -2.30. The topological polar surface area (TPSA) is 46.9 Å². The zero-order chi connectivity index (χ0) is 14.3. The molecule has 2 heterocycles. The second kappa shape index (κ2) is 5.61. The molecule has 1 aliphatic carbocycles. The number of thiophene rings is 1. The smallest absolute Gasteiger partial charge is 0.261 e. The molecule has 3 rings (SSSR count). The highest BCUT2D eigenvalue weighted by atomic mass is 79.9. The molecule has 0 aliphatic heterocycles. The molecule has 1 atom stereocenters. The Morgan fingerprint density at radius 3 is 3.05 bits per heavy atom. The van der Waals surface area contributed by atoms with Crippen molar-refractivity contribution in [2.24, 2.45) is 7.05 Å². The average molecular weight is 419 g/mol. The summed E-state index contributed by atoms with van der Waals surface area (Å²) in [7, 11) is 1.95. The largest absolute Gasteiger partial charge is 0.344 e. The van der Waals surface area contributed by atoms with Crippen LogP contribution in [0.25, 0.3) is 0 Å². The Labute approximate surface area is 137 Å². The quantitative estimate of drug-likeness (QED) is 0.805. The predicted octanol–water partition coefficient (Wildman–Crippen LogP) is 3.81. The third kappa shape index (κ3) is 2.58. The second-order valence-corrected chi connectivity index (χ2v) is 8.05. The van der Waals surface area contributed by atoms with Gasteiger partial charge in [0.25, 0.3) is 5.91 Å². The third-order valence-electron chi connectivity index (χ3n) is 3.55. The van der Waals surface area contributed by atoms with E-state index in [-0.39, 0.29) is 11.9 Å². The summed E-state index contributed by atoms with van der Waals surface area (Å²) in [5, 5.41) is 7.42. The Hall–Kier alpha value is -0.660. The fourth-order valence-electron chi connectivity index (χ4n) is 2.54. The lowest BCUT2D eigenvalue weighted by atomic mass is 9.93. The van der Waals surface area contributed by atoms with Gasteiger partial charge in [-0.3, -0.25) is 9.48 Å². The minimum absolute atomic E-state index is 0.0249. The van der Waals surface area contributed by atoms with Crippen molar-refractivity contribution >= 4 is 49.1 Å². The van der Waals surface area contributed by atoms with Crippen LogP contribution in [0.2, 0.25) is 0 Å². The molecule has 0 aromatic carbocycles. The Bertz CT molecular complexity index is 645. The summed E-state index contributed by atoms with van der Waals surface area (Å²) in [6.07, 6.45) is 4.96. The molecule has 2 aromatic rings. The second-order valence-electron chi connectivity index (χ2n) is 4.82. The monoisotopic (exact) mass is 417 g/mol. The van der Waals surface area contributed by atoms with E-state index in [4.69, 9.17) is 0 Å². The van der Waals surface area contributed by atoms with Crippen LogP contribution in [0.4, 0.5) is 0 Å². The van der Waals surface area contributed by atoms with Crippen LogP contribution in [0.15, 0.2) is 20.5 Å². The fraction of sp³-hybridized carbons (Fsp3) is 0.385. The van der Waals surface area contributed by atoms with Crippen molar-refractivity contribution in [3.63, 3.8) is 0 Å². The van der Waals surface area contributed by atoms with Gasteiger partial charge >= 0.3 is 0 Å². The average Bonchev–Trinajstić information content (AvgIpc) is 2.95. The maximum Gasteiger partial charge on any atom is 0.261 e. The Balaban J connectivity index is 1.80. The lowest BCUT2D eigenvalue weighted by Gasteiger charge is -2.23. The normalized spacial score (nSPS) is 17.9. The van der Waals surface area contributed by atoms with Crippen molar-refractivity contribution in [3.05, 3.63) is 36.7 Å². The number of aryl methyl sites for hydroxylation is 1. The van der Waals surface area contributed by atoms with Crippen molar-refractivity contribution in [1.82, 2.24) is 15.1 Å². The SMILES string of the molecule is Cn1ncc2c1CCCC2NC(=O)c1cc(Br)c(Br)s1. The van der Waals surface area contributed by atoms with Gasteiger partial charge in [-0.15, -0.1) is 11.3 Å². The highest BCUT2D eigenvalue weighted by Gasteiger charge is 2.25. The Morgan fingerprint density at radius 1 is 1.55 bits per heavy atom. The molecule has 20 heavy (non-hydrogen) atoms. The minimum Gasteiger partial charge on any atom is -0.344 e. The van der Waals surface area contributed by atoms with E-state index in [9.17, 15) is 4.79 Å². The van der Waals surface area contributed by atoms with Crippen molar-refractivity contribution in [2.75, 3.05) is 0 Å². The number of carbonyl (C=O) groups excluding carboxylic acids is 1. The zero-order valence-corrected chi connectivity index (χ0v) is 14.8. The van der Waals surface area contributed by atoms with E-state index in [1.165, 1.54) is 17.0 Å². The molecule has 0 saturated heterocycles. The summed E-state index contributed by atoms with van der Waals surface area (Å²) in [4.78, 5) is 13.0. The standard InChI is InChI=1S/C13H13Br2N3OS/c1-18-10-4-2-3-9(7(10)6-16-18)17-13(19)11-5-8(14)12(15)20-11/h5-6,9H,2-4H2,1H3,(H,17,19). The van der Waals surface area contributed by atoms with Gasteiger partial charge in [-0.1, -0.05) is 0 Å². The van der Waals surface area contributed by atoms with Crippen LogP contribution in [-0.4, -0.2) is 15.7 Å². The molecular weight excluding hydrogens is 406 g/mol. The highest BCUT2D eigenvalue weighted by molar-refractivity contribution is 9.13. The number of amides is 1. The fourth-order valence-corrected chi connectivity index (χ4v) is 4.48. The van der Waals surface area contributed by atoms with Gasteiger partial charge < -0.3 is 5.32 Å². The lowest BCUT2D eigenvalue weighted by molar-refractivity contribution is 0.0936. The first-order chi connectivity index (χ1) is 9.56. The first-order valence-electron chi connectivity index (χ1n) is 6.32. The summed E-state index contributed by atoms with van der Waals surface area (Å²) >= 11 is 8.26. The van der Waals surface area contributed by atoms with Crippen LogP contribution in [0.5, 0.6) is 0 Å². The van der Waals surface area contributed by atoms with Crippen LogP contribution in [0, 0.1) is 0 Å². The molecular formula is C13H13Br2N3OS. The van der Waals surface area contributed by atoms with Crippen LogP contribution < -0.4 is 5.32 Å². The summed E-state index contributed by atoms with van der Waals surface area (Å²) in [6.45, 7) is 0. The zero-order valence-electron chi connectivity index (χ0n) is 10.8. The first-order valence-corrected chi connectivity index (χ1v) is 8.73. The number of rotatable bonds is 2. The number of halogens is 2. The third-order valence-corrected chi connectivity index (χ3v) is 6.80. The van der Waals surface area contributed by atoms with Gasteiger partial charge in [0, 0.05) is 22.8 Å². The van der Waals surface area contributed by atoms with Crippen LogP contribution in [0.3, 0.4) is 0 Å². The van der Waals surface area contributed by atoms with Crippen LogP contribution >= 0.6 is 43.2 Å². The van der Waals surface area contributed by atoms with Crippen molar-refractivity contribution in [3.8, 4) is 0 Å². The molecule has 1 amide bonds. The van der Waals surface area contributed by atoms with Gasteiger partial charge in [-0.05, 0) is 57.2 Å². The molecule has 0 saturated carbocycles. The Morgan fingerprint density at radius 2 is 2.35 bits per heavy atom. The van der Waals surface area contributed by atoms with E-state index < -0.39 is 0 Å². The van der Waals surface area contributed by atoms with Gasteiger partial charge in [0.1, 0.15) is 0 Å². The highest BCUT2D eigenvalue weighted by Crippen LogP contribution is 2.34. The molecule has 0 radical (unpaired) electrons. The number of hydrogen-bond donors (Lipinski definition) is 1. The number of carbonyl (C=O) groups is 1. The molecule has 7 heteroatoms. The van der Waals surface area contributed by atoms with E-state index >= 15 is 0 Å². The number of nitrogens with zero attached hydrogens (tertiary/aromatic N) is 2. The minimum atomic E-state index is -0.0249. The summed E-state index contributed by atoms with van der Waals surface area (Å²) in [5.41, 5.74) is 2.39. The van der Waals surface area contributed by atoms with Gasteiger partial charge in [0.15, 0.2) is 0 Å². The maximum atomic E-state index is 12.3. The number of hydrogen-bond acceptors (Lipinski definition) is 3. The van der Waals surface area contributed by atoms with E-state index in [1.807, 2.05) is 24.0 Å². The number of aromatic nitrogens is 2. The van der Waals surface area contributed by atoms with Crippen molar-refractivity contribution < 1.29 is 4.79 Å². The van der Waals surface area contributed by atoms with Crippen LogP contribution in [-0.2, 0) is 13.5 Å². The molecule has 0 bridgehead atoms. The van der Waals surface area contributed by atoms with Crippen molar-refractivity contribution in [2.45, 2.75) is 25.3 Å². The van der Waals surface area contributed by atoms with E-state index in [0.717, 1.165) is 33.1 Å². The van der Waals surface area contributed by atoms with E-state index in [1.54, 1.807) is 0 Å². The molecule has 0 spiro atoms. The summed E-state index contributed by atoms with van der Waals surface area (Å²) in [6, 6.07) is 1.91. The molecule has 106 valence electrons. The molecule has 1 aliphatic rings. The summed E-state index contributed by atoms with van der Waals surface area (Å²) < 4.78 is 3.76. The molecule has 0 fully saturated rings. The molecule has 1 unspecified atom stereocenters. The van der Waals surface area contributed by atoms with Crippen molar-refractivity contribution in [1.29, 1.82) is 0 Å². The van der Waals surface area contributed by atoms with Gasteiger partial charge in [-0.2, -0.15) is 5.10 Å². The van der Waals surface area contributed by atoms with E-state index in [2.05, 4.69) is 42.3 Å². The Kier molecular flexibility index (Phi) is 4.01. The van der Waals surface area contributed by atoms with E-state index in [0.29, 0.717) is 4.88 Å². The summed E-state index contributed by atoms with van der Waals surface area (Å²) in [5.74, 6) is -0.0249. The number of fused-ring (bicyclic) bond motifs is 1. The van der Waals surface area contributed by atoms with Gasteiger partial charge in [0.05, 0.1) is 20.9 Å². The molecule has 4 nitrogen and oxygen atoms in total. The van der Waals surface area contributed by atoms with Gasteiger partial charge in [-0.25, -0.2) is 0 Å². The first kappa shape index (κ1) is 14.3. The molecule has 1 N–H and O–H groups in total.